The highest BCUT2D eigenvalue weighted by molar-refractivity contribution is 5.73. The van der Waals surface area contributed by atoms with Gasteiger partial charge in [-0.15, -0.1) is 0 Å². The summed E-state index contributed by atoms with van der Waals surface area (Å²) in [4.78, 5) is 14.0. The van der Waals surface area contributed by atoms with Crippen LogP contribution in [0.3, 0.4) is 0 Å². The molecular weight excluding hydrogens is 345 g/mol. The third-order valence-electron chi connectivity index (χ3n) is 4.27. The summed E-state index contributed by atoms with van der Waals surface area (Å²) < 4.78 is 13.5. The second-order valence-electron chi connectivity index (χ2n) is 6.47. The van der Waals surface area contributed by atoms with Crippen molar-refractivity contribution in [1.82, 2.24) is 15.5 Å². The first-order valence-corrected chi connectivity index (χ1v) is 8.65. The Morgan fingerprint density at radius 1 is 1.11 bits per heavy atom. The standard InChI is InChI=1S/C20H26FN3O2.CH4/c1-24(2)17(13-15-7-9-18(25)10-8-15)14-23-20(26)22-12-11-16-5-3-4-6-19(16)21;/h3-10,17,25H,11-14H2,1-2H3,(H2,22,23,26);1H4. The van der Waals surface area contributed by atoms with Crippen LogP contribution in [0.1, 0.15) is 18.6 Å². The molecule has 5 nitrogen and oxygen atoms in total. The van der Waals surface area contributed by atoms with Crippen LogP contribution in [0, 0.1) is 5.82 Å². The lowest BCUT2D eigenvalue weighted by Crippen LogP contribution is -2.45. The van der Waals surface area contributed by atoms with Crippen LogP contribution >= 0.6 is 0 Å². The number of rotatable bonds is 8. The fourth-order valence-corrected chi connectivity index (χ4v) is 2.63. The number of phenolic OH excluding ortho intramolecular Hbond substituents is 1. The van der Waals surface area contributed by atoms with Gasteiger partial charge in [-0.2, -0.15) is 0 Å². The van der Waals surface area contributed by atoms with Crippen LogP contribution in [0.5, 0.6) is 5.75 Å². The minimum Gasteiger partial charge on any atom is -0.508 e. The van der Waals surface area contributed by atoms with Crippen LogP contribution < -0.4 is 10.6 Å². The third-order valence-corrected chi connectivity index (χ3v) is 4.27. The van der Waals surface area contributed by atoms with E-state index in [0.717, 1.165) is 12.0 Å². The number of hydrogen-bond donors (Lipinski definition) is 3. The Labute approximate surface area is 161 Å². The molecule has 2 aromatic rings. The number of likely N-dealkylation sites (N-methyl/N-ethyl adjacent to an activating group) is 1. The van der Waals surface area contributed by atoms with Gasteiger partial charge in [0.15, 0.2) is 0 Å². The highest BCUT2D eigenvalue weighted by Gasteiger charge is 2.14. The smallest absolute Gasteiger partial charge is 0.314 e. The Kier molecular flexibility index (Phi) is 9.30. The number of phenols is 1. The van der Waals surface area contributed by atoms with Crippen molar-refractivity contribution in [2.45, 2.75) is 26.3 Å². The summed E-state index contributed by atoms with van der Waals surface area (Å²) in [7, 11) is 3.92. The molecule has 0 spiro atoms. The van der Waals surface area contributed by atoms with Gasteiger partial charge in [-0.1, -0.05) is 37.8 Å². The lowest BCUT2D eigenvalue weighted by Gasteiger charge is -2.25. The summed E-state index contributed by atoms with van der Waals surface area (Å²) in [6.07, 6.45) is 1.20. The van der Waals surface area contributed by atoms with Gasteiger partial charge in [-0.25, -0.2) is 9.18 Å². The van der Waals surface area contributed by atoms with Crippen LogP contribution in [0.2, 0.25) is 0 Å². The van der Waals surface area contributed by atoms with E-state index in [2.05, 4.69) is 10.6 Å². The number of halogens is 1. The van der Waals surface area contributed by atoms with Crippen molar-refractivity contribution in [3.63, 3.8) is 0 Å². The van der Waals surface area contributed by atoms with Crippen LogP contribution in [0.4, 0.5) is 9.18 Å². The van der Waals surface area contributed by atoms with Gasteiger partial charge in [0.2, 0.25) is 0 Å². The highest BCUT2D eigenvalue weighted by atomic mass is 19.1. The van der Waals surface area contributed by atoms with E-state index in [1.165, 1.54) is 6.07 Å². The maximum Gasteiger partial charge on any atom is 0.314 e. The number of nitrogens with one attached hydrogen (secondary N) is 2. The Hall–Kier alpha value is -2.60. The van der Waals surface area contributed by atoms with Crippen LogP contribution in [-0.2, 0) is 12.8 Å². The lowest BCUT2D eigenvalue weighted by atomic mass is 10.1. The van der Waals surface area contributed by atoms with E-state index < -0.39 is 0 Å². The number of amides is 2. The zero-order valence-corrected chi connectivity index (χ0v) is 15.2. The molecule has 0 aliphatic heterocycles. The van der Waals surface area contributed by atoms with Gasteiger partial charge in [0.05, 0.1) is 0 Å². The second kappa shape index (κ2) is 11.2. The SMILES string of the molecule is C.CN(C)C(CNC(=O)NCCc1ccccc1F)Cc1ccc(O)cc1. The van der Waals surface area contributed by atoms with Gasteiger partial charge in [0.1, 0.15) is 11.6 Å². The Morgan fingerprint density at radius 2 is 1.78 bits per heavy atom. The third kappa shape index (κ3) is 7.66. The molecule has 0 aromatic heterocycles. The van der Waals surface area contributed by atoms with E-state index in [9.17, 15) is 14.3 Å². The molecule has 2 amide bonds. The molecular formula is C21H30FN3O2. The second-order valence-corrected chi connectivity index (χ2v) is 6.47. The van der Waals surface area contributed by atoms with Crippen LogP contribution in [0.15, 0.2) is 48.5 Å². The van der Waals surface area contributed by atoms with E-state index in [4.69, 9.17) is 0 Å². The number of urea groups is 1. The number of nitrogens with zero attached hydrogens (tertiary/aromatic N) is 1. The highest BCUT2D eigenvalue weighted by Crippen LogP contribution is 2.12. The predicted octanol–water partition coefficient (Wildman–Crippen LogP) is 3.18. The van der Waals surface area contributed by atoms with Crippen LogP contribution in [-0.4, -0.2) is 49.3 Å². The Balaban J connectivity index is 0.00000364. The summed E-state index contributed by atoms with van der Waals surface area (Å²) >= 11 is 0. The number of benzene rings is 2. The first-order chi connectivity index (χ1) is 12.5. The van der Waals surface area contributed by atoms with E-state index in [0.29, 0.717) is 25.1 Å². The molecule has 0 saturated heterocycles. The lowest BCUT2D eigenvalue weighted by molar-refractivity contribution is 0.232. The van der Waals surface area contributed by atoms with E-state index in [1.807, 2.05) is 31.1 Å². The summed E-state index contributed by atoms with van der Waals surface area (Å²) in [5, 5.41) is 15.0. The molecule has 0 radical (unpaired) electrons. The number of aromatic hydroxyl groups is 1. The summed E-state index contributed by atoms with van der Waals surface area (Å²) in [6.45, 7) is 0.858. The summed E-state index contributed by atoms with van der Waals surface area (Å²) in [5.74, 6) is -0.0150. The molecule has 2 rings (SSSR count). The van der Waals surface area contributed by atoms with Crippen molar-refractivity contribution >= 4 is 6.03 Å². The van der Waals surface area contributed by atoms with Crippen molar-refractivity contribution in [3.05, 3.63) is 65.5 Å². The van der Waals surface area contributed by atoms with Gasteiger partial charge < -0.3 is 20.6 Å². The monoisotopic (exact) mass is 375 g/mol. The average molecular weight is 375 g/mol. The van der Waals surface area contributed by atoms with Gasteiger partial charge >= 0.3 is 6.03 Å². The van der Waals surface area contributed by atoms with E-state index in [-0.39, 0.29) is 31.1 Å². The topological polar surface area (TPSA) is 64.6 Å². The fourth-order valence-electron chi connectivity index (χ4n) is 2.63. The zero-order valence-electron chi connectivity index (χ0n) is 15.2. The molecule has 6 heteroatoms. The Morgan fingerprint density at radius 3 is 2.41 bits per heavy atom. The first-order valence-electron chi connectivity index (χ1n) is 8.65. The number of carbonyl (C=O) groups is 1. The molecule has 2 aromatic carbocycles. The van der Waals surface area contributed by atoms with Crippen LogP contribution in [0.25, 0.3) is 0 Å². The molecule has 0 fully saturated rings. The van der Waals surface area contributed by atoms with E-state index >= 15 is 0 Å². The van der Waals surface area contributed by atoms with Gasteiger partial charge in [-0.05, 0) is 56.3 Å². The molecule has 1 unspecified atom stereocenters. The molecule has 0 bridgehead atoms. The fraction of sp³-hybridized carbons (Fsp3) is 0.381. The molecule has 0 aliphatic rings. The largest absolute Gasteiger partial charge is 0.508 e. The van der Waals surface area contributed by atoms with Crippen molar-refractivity contribution in [3.8, 4) is 5.75 Å². The minimum absolute atomic E-state index is 0. The average Bonchev–Trinajstić information content (AvgIpc) is 2.61. The minimum atomic E-state index is -0.265. The number of hydrogen-bond acceptors (Lipinski definition) is 3. The zero-order chi connectivity index (χ0) is 18.9. The Bertz CT molecular complexity index is 705. The first kappa shape index (κ1) is 22.4. The molecule has 148 valence electrons. The molecule has 0 aliphatic carbocycles. The predicted molar refractivity (Wildman–Crippen MR) is 108 cm³/mol. The van der Waals surface area contributed by atoms with Gasteiger partial charge in [0.25, 0.3) is 0 Å². The van der Waals surface area contributed by atoms with Crippen molar-refractivity contribution in [2.75, 3.05) is 27.2 Å². The summed E-state index contributed by atoms with van der Waals surface area (Å²) in [5.41, 5.74) is 1.68. The van der Waals surface area contributed by atoms with Crippen molar-refractivity contribution < 1.29 is 14.3 Å². The molecule has 0 heterocycles. The van der Waals surface area contributed by atoms with Gasteiger partial charge in [0, 0.05) is 19.1 Å². The molecule has 27 heavy (non-hydrogen) atoms. The summed E-state index contributed by atoms with van der Waals surface area (Å²) in [6, 6.07) is 13.5. The maximum absolute atomic E-state index is 13.5. The maximum atomic E-state index is 13.5. The van der Waals surface area contributed by atoms with Gasteiger partial charge in [-0.3, -0.25) is 0 Å². The van der Waals surface area contributed by atoms with Crippen molar-refractivity contribution in [2.24, 2.45) is 0 Å². The molecule has 0 saturated carbocycles. The van der Waals surface area contributed by atoms with E-state index in [1.54, 1.807) is 30.3 Å². The normalized spacial score (nSPS) is 11.6. The molecule has 1 atom stereocenters. The quantitative estimate of drug-likeness (QED) is 0.664. The van der Waals surface area contributed by atoms with Crippen molar-refractivity contribution in [1.29, 1.82) is 0 Å². The number of carbonyl (C=O) groups excluding carboxylic acids is 1. The molecule has 3 N–H and O–H groups in total.